The zero-order chi connectivity index (χ0) is 7.84. The molecular weight excluding hydrogens is 162 g/mol. The van der Waals surface area contributed by atoms with Crippen molar-refractivity contribution >= 4 is 17.2 Å². The molecule has 0 aliphatic heterocycles. The fraction of sp³-hybridized carbons (Fsp3) is 0.143. The number of hydrogen-bond donors (Lipinski definition) is 0. The van der Waals surface area contributed by atoms with Crippen molar-refractivity contribution < 1.29 is 0 Å². The van der Waals surface area contributed by atoms with E-state index >= 15 is 0 Å². The molecule has 56 valence electrons. The summed E-state index contributed by atoms with van der Waals surface area (Å²) in [5, 5.41) is 4.56. The van der Waals surface area contributed by atoms with Gasteiger partial charge in [-0.3, -0.25) is 0 Å². The van der Waals surface area contributed by atoms with Crippen molar-refractivity contribution in [3.8, 4) is 0 Å². The molecule has 0 amide bonds. The second-order valence-corrected chi connectivity index (χ2v) is 2.71. The number of aryl methyl sites for hydroxylation is 1. The molecule has 2 rings (SSSR count). The molecule has 0 N–H and O–H groups in total. The van der Waals surface area contributed by atoms with Gasteiger partial charge in [-0.15, -0.1) is 0 Å². The molecule has 0 saturated carbocycles. The zero-order valence-corrected chi connectivity index (χ0v) is 6.71. The van der Waals surface area contributed by atoms with Gasteiger partial charge >= 0.3 is 0 Å². The van der Waals surface area contributed by atoms with Gasteiger partial charge in [0.25, 0.3) is 0 Å². The first-order chi connectivity index (χ1) is 5.27. The van der Waals surface area contributed by atoms with Crippen LogP contribution in [0.15, 0.2) is 18.3 Å². The normalized spacial score (nSPS) is 10.7. The van der Waals surface area contributed by atoms with Crippen LogP contribution in [0.4, 0.5) is 0 Å². The van der Waals surface area contributed by atoms with E-state index < -0.39 is 0 Å². The molecular formula is C7H6ClN3. The third-order valence-corrected chi connectivity index (χ3v) is 1.70. The Bertz CT molecular complexity index is 393. The molecule has 0 aliphatic rings. The molecule has 4 heteroatoms. The Hall–Kier alpha value is -1.09. The standard InChI is InChI=1S/C7H6ClN3/c1-5-4-6(8)10-7-2-3-9-11(5)7/h2-4H,1H3. The Labute approximate surface area is 68.6 Å². The topological polar surface area (TPSA) is 30.2 Å². The first-order valence-electron chi connectivity index (χ1n) is 3.24. The lowest BCUT2D eigenvalue weighted by Gasteiger charge is -1.97. The number of rotatable bonds is 0. The van der Waals surface area contributed by atoms with E-state index in [2.05, 4.69) is 10.1 Å². The van der Waals surface area contributed by atoms with E-state index in [0.29, 0.717) is 5.15 Å². The smallest absolute Gasteiger partial charge is 0.156 e. The molecule has 0 radical (unpaired) electrons. The highest BCUT2D eigenvalue weighted by molar-refractivity contribution is 6.29. The molecule has 0 saturated heterocycles. The van der Waals surface area contributed by atoms with Crippen LogP contribution in [0.2, 0.25) is 5.15 Å². The van der Waals surface area contributed by atoms with Crippen molar-refractivity contribution in [1.82, 2.24) is 14.6 Å². The van der Waals surface area contributed by atoms with Crippen LogP contribution in [0.1, 0.15) is 5.69 Å². The number of aromatic nitrogens is 3. The summed E-state index contributed by atoms with van der Waals surface area (Å²) in [6.07, 6.45) is 1.70. The number of fused-ring (bicyclic) bond motifs is 1. The lowest BCUT2D eigenvalue weighted by atomic mass is 10.4. The minimum atomic E-state index is 0.510. The molecule has 11 heavy (non-hydrogen) atoms. The van der Waals surface area contributed by atoms with E-state index in [1.54, 1.807) is 16.8 Å². The molecule has 0 atom stereocenters. The Morgan fingerprint density at radius 2 is 2.36 bits per heavy atom. The van der Waals surface area contributed by atoms with Crippen molar-refractivity contribution in [3.05, 3.63) is 29.2 Å². The summed E-state index contributed by atoms with van der Waals surface area (Å²) in [5.74, 6) is 0. The Morgan fingerprint density at radius 3 is 3.18 bits per heavy atom. The van der Waals surface area contributed by atoms with Crippen LogP contribution in [0.3, 0.4) is 0 Å². The third kappa shape index (κ3) is 0.973. The number of halogens is 1. The highest BCUT2D eigenvalue weighted by Crippen LogP contribution is 2.09. The van der Waals surface area contributed by atoms with Crippen molar-refractivity contribution in [1.29, 1.82) is 0 Å². The largest absolute Gasteiger partial charge is 0.220 e. The summed E-state index contributed by atoms with van der Waals surface area (Å²) in [7, 11) is 0. The molecule has 0 aliphatic carbocycles. The van der Waals surface area contributed by atoms with Gasteiger partial charge in [-0.2, -0.15) is 5.10 Å². The van der Waals surface area contributed by atoms with Crippen LogP contribution < -0.4 is 0 Å². The maximum atomic E-state index is 5.73. The average Bonchev–Trinajstić information content (AvgIpc) is 2.34. The van der Waals surface area contributed by atoms with Crippen molar-refractivity contribution in [2.45, 2.75) is 6.92 Å². The molecule has 0 bridgehead atoms. The summed E-state index contributed by atoms with van der Waals surface area (Å²) >= 11 is 5.73. The highest BCUT2D eigenvalue weighted by Gasteiger charge is 1.99. The lowest BCUT2D eigenvalue weighted by molar-refractivity contribution is 0.895. The first-order valence-corrected chi connectivity index (χ1v) is 3.62. The Kier molecular flexibility index (Phi) is 1.32. The fourth-order valence-corrected chi connectivity index (χ4v) is 1.27. The number of hydrogen-bond acceptors (Lipinski definition) is 2. The van der Waals surface area contributed by atoms with Crippen LogP contribution in [-0.2, 0) is 0 Å². The van der Waals surface area contributed by atoms with Gasteiger partial charge in [-0.05, 0) is 13.0 Å². The van der Waals surface area contributed by atoms with E-state index in [0.717, 1.165) is 11.3 Å². The average molecular weight is 168 g/mol. The van der Waals surface area contributed by atoms with Gasteiger partial charge < -0.3 is 0 Å². The maximum Gasteiger partial charge on any atom is 0.156 e. The van der Waals surface area contributed by atoms with Crippen LogP contribution >= 0.6 is 11.6 Å². The SMILES string of the molecule is Cc1cc(Cl)nc2ccnn12. The van der Waals surface area contributed by atoms with Gasteiger partial charge in [0.2, 0.25) is 0 Å². The third-order valence-electron chi connectivity index (χ3n) is 1.51. The Morgan fingerprint density at radius 1 is 1.55 bits per heavy atom. The summed E-state index contributed by atoms with van der Waals surface area (Å²) in [5.41, 5.74) is 1.78. The van der Waals surface area contributed by atoms with Crippen molar-refractivity contribution in [3.63, 3.8) is 0 Å². The fourth-order valence-electron chi connectivity index (χ4n) is 1.03. The Balaban J connectivity index is 2.91. The van der Waals surface area contributed by atoms with E-state index in [9.17, 15) is 0 Å². The first kappa shape index (κ1) is 6.61. The second kappa shape index (κ2) is 2.20. The summed E-state index contributed by atoms with van der Waals surface area (Å²) in [6, 6.07) is 3.60. The van der Waals surface area contributed by atoms with Crippen LogP contribution in [-0.4, -0.2) is 14.6 Å². The van der Waals surface area contributed by atoms with E-state index in [-0.39, 0.29) is 0 Å². The van der Waals surface area contributed by atoms with Crippen molar-refractivity contribution in [2.75, 3.05) is 0 Å². The molecule has 0 unspecified atom stereocenters. The van der Waals surface area contributed by atoms with Crippen LogP contribution in [0, 0.1) is 6.92 Å². The molecule has 2 heterocycles. The van der Waals surface area contributed by atoms with Crippen molar-refractivity contribution in [2.24, 2.45) is 0 Å². The molecule has 0 aromatic carbocycles. The minimum Gasteiger partial charge on any atom is -0.220 e. The summed E-state index contributed by atoms with van der Waals surface area (Å²) < 4.78 is 1.74. The zero-order valence-electron chi connectivity index (χ0n) is 5.95. The number of nitrogens with zero attached hydrogens (tertiary/aromatic N) is 3. The second-order valence-electron chi connectivity index (χ2n) is 2.32. The van der Waals surface area contributed by atoms with Gasteiger partial charge in [0.1, 0.15) is 5.15 Å². The predicted molar refractivity (Wildman–Crippen MR) is 42.7 cm³/mol. The molecule has 0 spiro atoms. The minimum absolute atomic E-state index is 0.510. The monoisotopic (exact) mass is 167 g/mol. The van der Waals surface area contributed by atoms with E-state index in [1.807, 2.05) is 13.0 Å². The van der Waals surface area contributed by atoms with E-state index in [4.69, 9.17) is 11.6 Å². The maximum absolute atomic E-state index is 5.73. The van der Waals surface area contributed by atoms with Gasteiger partial charge in [-0.25, -0.2) is 9.50 Å². The molecule has 2 aromatic heterocycles. The quantitative estimate of drug-likeness (QED) is 0.559. The summed E-state index contributed by atoms with van der Waals surface area (Å²) in [4.78, 5) is 4.06. The lowest BCUT2D eigenvalue weighted by Crippen LogP contribution is -1.94. The van der Waals surface area contributed by atoms with Crippen LogP contribution in [0.25, 0.3) is 5.65 Å². The van der Waals surface area contributed by atoms with Gasteiger partial charge in [0, 0.05) is 11.8 Å². The van der Waals surface area contributed by atoms with Gasteiger partial charge in [-0.1, -0.05) is 11.6 Å². The summed E-state index contributed by atoms with van der Waals surface area (Å²) in [6.45, 7) is 1.94. The molecule has 0 fully saturated rings. The van der Waals surface area contributed by atoms with Crippen LogP contribution in [0.5, 0.6) is 0 Å². The van der Waals surface area contributed by atoms with Gasteiger partial charge in [0.15, 0.2) is 5.65 Å². The highest BCUT2D eigenvalue weighted by atomic mass is 35.5. The predicted octanol–water partition coefficient (Wildman–Crippen LogP) is 1.69. The van der Waals surface area contributed by atoms with E-state index in [1.165, 1.54) is 0 Å². The molecule has 3 nitrogen and oxygen atoms in total. The van der Waals surface area contributed by atoms with Gasteiger partial charge in [0.05, 0.1) is 6.20 Å². The molecule has 2 aromatic rings.